The topological polar surface area (TPSA) is 42.0 Å². The van der Waals surface area contributed by atoms with Gasteiger partial charge in [0.05, 0.1) is 5.75 Å². The van der Waals surface area contributed by atoms with E-state index in [1.807, 2.05) is 32.0 Å². The van der Waals surface area contributed by atoms with E-state index in [4.69, 9.17) is 12.2 Å². The zero-order chi connectivity index (χ0) is 12.7. The lowest BCUT2D eigenvalue weighted by atomic mass is 10.1. The minimum Gasteiger partial charge on any atom is -0.326 e. The first-order valence-electron chi connectivity index (χ1n) is 5.44. The summed E-state index contributed by atoms with van der Waals surface area (Å²) in [5.74, 6) is 1.77. The molecule has 0 radical (unpaired) electrons. The Kier molecular flexibility index (Phi) is 6.15. The fraction of sp³-hybridized carbons (Fsp3) is 0.417. The average molecular weight is 268 g/mol. The molecule has 1 aromatic rings. The maximum atomic E-state index is 11.5. The molecule has 0 aromatic carbocycles. The van der Waals surface area contributed by atoms with E-state index in [2.05, 4.69) is 10.3 Å². The number of thiocarbonyl (C=S) groups is 1. The summed E-state index contributed by atoms with van der Waals surface area (Å²) in [6, 6.07) is 5.56. The third kappa shape index (κ3) is 6.38. The van der Waals surface area contributed by atoms with Gasteiger partial charge in [-0.1, -0.05) is 43.9 Å². The molecule has 0 unspecified atom stereocenters. The largest absolute Gasteiger partial charge is 0.326 e. The predicted molar refractivity (Wildman–Crippen MR) is 77.4 cm³/mol. The Morgan fingerprint density at radius 2 is 2.29 bits per heavy atom. The zero-order valence-corrected chi connectivity index (χ0v) is 11.6. The quantitative estimate of drug-likeness (QED) is 0.831. The molecule has 0 bridgehead atoms. The second-order valence-corrected chi connectivity index (χ2v) is 5.71. The molecular formula is C12H16N2OS2. The number of pyridine rings is 1. The molecule has 0 aliphatic rings. The normalized spacial score (nSPS) is 10.3. The van der Waals surface area contributed by atoms with Gasteiger partial charge >= 0.3 is 0 Å². The highest BCUT2D eigenvalue weighted by Gasteiger charge is 2.07. The molecule has 92 valence electrons. The summed E-state index contributed by atoms with van der Waals surface area (Å²) in [5.41, 5.74) is 0. The summed E-state index contributed by atoms with van der Waals surface area (Å²) < 4.78 is 0.584. The summed E-state index contributed by atoms with van der Waals surface area (Å²) in [6.45, 7) is 4.07. The highest BCUT2D eigenvalue weighted by molar-refractivity contribution is 8.23. The van der Waals surface area contributed by atoms with Gasteiger partial charge < -0.3 is 5.32 Å². The van der Waals surface area contributed by atoms with Crippen molar-refractivity contribution in [3.8, 4) is 0 Å². The molecule has 0 atom stereocenters. The third-order valence-electron chi connectivity index (χ3n) is 1.90. The van der Waals surface area contributed by atoms with Crippen molar-refractivity contribution in [2.24, 2.45) is 5.92 Å². The van der Waals surface area contributed by atoms with Crippen LogP contribution in [0.3, 0.4) is 0 Å². The molecule has 1 rings (SSSR count). The molecule has 5 heteroatoms. The van der Waals surface area contributed by atoms with Crippen LogP contribution in [0.25, 0.3) is 0 Å². The van der Waals surface area contributed by atoms with Gasteiger partial charge in [0, 0.05) is 12.6 Å². The molecule has 3 nitrogen and oxygen atoms in total. The molecular weight excluding hydrogens is 252 g/mol. The first-order valence-corrected chi connectivity index (χ1v) is 6.84. The maximum Gasteiger partial charge on any atom is 0.143 e. The van der Waals surface area contributed by atoms with Crippen LogP contribution in [-0.2, 0) is 4.79 Å². The first-order chi connectivity index (χ1) is 8.08. The molecule has 0 amide bonds. The van der Waals surface area contributed by atoms with Crippen molar-refractivity contribution in [2.45, 2.75) is 20.3 Å². The summed E-state index contributed by atoms with van der Waals surface area (Å²) in [5, 5.41) is 2.98. The molecule has 1 heterocycles. The Hall–Kier alpha value is -0.940. The van der Waals surface area contributed by atoms with Crippen LogP contribution in [0.15, 0.2) is 24.4 Å². The lowest BCUT2D eigenvalue weighted by Crippen LogP contribution is -2.11. The Bertz CT molecular complexity index is 379. The average Bonchev–Trinajstić information content (AvgIpc) is 2.27. The number of nitrogens with zero attached hydrogens (tertiary/aromatic N) is 1. The SMILES string of the molecule is CC(C)CC(=O)CSC(=S)Nc1ccccn1. The fourth-order valence-electron chi connectivity index (χ4n) is 1.24. The Morgan fingerprint density at radius 1 is 1.53 bits per heavy atom. The molecule has 0 fully saturated rings. The van der Waals surface area contributed by atoms with Gasteiger partial charge in [0.15, 0.2) is 0 Å². The number of Topliss-reactive ketones (excluding diaryl/α,β-unsaturated/α-hetero) is 1. The standard InChI is InChI=1S/C12H16N2OS2/c1-9(2)7-10(15)8-17-12(16)14-11-5-3-4-6-13-11/h3-6,9H,7-8H2,1-2H3,(H,13,14,16). The van der Waals surface area contributed by atoms with Gasteiger partial charge in [-0.05, 0) is 18.1 Å². The highest BCUT2D eigenvalue weighted by atomic mass is 32.2. The van der Waals surface area contributed by atoms with E-state index in [1.165, 1.54) is 11.8 Å². The number of nitrogens with one attached hydrogen (secondary N) is 1. The van der Waals surface area contributed by atoms with Crippen LogP contribution in [0.2, 0.25) is 0 Å². The van der Waals surface area contributed by atoms with Crippen molar-refractivity contribution < 1.29 is 4.79 Å². The molecule has 0 saturated heterocycles. The van der Waals surface area contributed by atoms with Crippen molar-refractivity contribution in [3.63, 3.8) is 0 Å². The van der Waals surface area contributed by atoms with E-state index >= 15 is 0 Å². The van der Waals surface area contributed by atoms with Gasteiger partial charge in [0.1, 0.15) is 15.9 Å². The summed E-state index contributed by atoms with van der Waals surface area (Å²) in [7, 11) is 0. The van der Waals surface area contributed by atoms with E-state index in [9.17, 15) is 4.79 Å². The fourth-order valence-corrected chi connectivity index (χ4v) is 2.11. The Balaban J connectivity index is 2.29. The first kappa shape index (κ1) is 14.1. The van der Waals surface area contributed by atoms with Gasteiger partial charge in [-0.25, -0.2) is 4.98 Å². The number of carbonyl (C=O) groups excluding carboxylic acids is 1. The Morgan fingerprint density at radius 3 is 2.88 bits per heavy atom. The molecule has 0 saturated carbocycles. The van der Waals surface area contributed by atoms with E-state index in [0.717, 1.165) is 0 Å². The number of anilines is 1. The molecule has 0 aliphatic heterocycles. The lowest BCUT2D eigenvalue weighted by molar-refractivity contribution is -0.117. The smallest absolute Gasteiger partial charge is 0.143 e. The number of hydrogen-bond donors (Lipinski definition) is 1. The molecule has 17 heavy (non-hydrogen) atoms. The van der Waals surface area contributed by atoms with Gasteiger partial charge in [-0.3, -0.25) is 4.79 Å². The maximum absolute atomic E-state index is 11.5. The van der Waals surface area contributed by atoms with E-state index in [-0.39, 0.29) is 5.78 Å². The molecule has 0 aliphatic carbocycles. The number of aromatic nitrogens is 1. The minimum atomic E-state index is 0.232. The van der Waals surface area contributed by atoms with E-state index < -0.39 is 0 Å². The van der Waals surface area contributed by atoms with Crippen molar-refractivity contribution in [1.82, 2.24) is 4.98 Å². The Labute approximate surface area is 111 Å². The van der Waals surface area contributed by atoms with Crippen LogP contribution >= 0.6 is 24.0 Å². The summed E-state index contributed by atoms with van der Waals surface area (Å²) in [4.78, 5) is 15.6. The van der Waals surface area contributed by atoms with Crippen LogP contribution in [0.4, 0.5) is 5.82 Å². The third-order valence-corrected chi connectivity index (χ3v) is 3.18. The van der Waals surface area contributed by atoms with Crippen LogP contribution in [0.5, 0.6) is 0 Å². The number of hydrogen-bond acceptors (Lipinski definition) is 4. The van der Waals surface area contributed by atoms with Gasteiger partial charge in [-0.2, -0.15) is 0 Å². The number of ketones is 1. The van der Waals surface area contributed by atoms with Crippen LogP contribution in [-0.4, -0.2) is 20.8 Å². The number of carbonyl (C=O) groups is 1. The van der Waals surface area contributed by atoms with Crippen molar-refractivity contribution in [1.29, 1.82) is 0 Å². The summed E-state index contributed by atoms with van der Waals surface area (Å²) in [6.07, 6.45) is 2.30. The van der Waals surface area contributed by atoms with E-state index in [1.54, 1.807) is 6.20 Å². The monoisotopic (exact) mass is 268 g/mol. The molecule has 1 aromatic heterocycles. The lowest BCUT2D eigenvalue weighted by Gasteiger charge is -2.06. The number of rotatable bonds is 5. The second kappa shape index (κ2) is 7.40. The van der Waals surface area contributed by atoms with Crippen LogP contribution < -0.4 is 5.32 Å². The highest BCUT2D eigenvalue weighted by Crippen LogP contribution is 2.11. The number of thioether (sulfide) groups is 1. The second-order valence-electron chi connectivity index (χ2n) is 4.05. The van der Waals surface area contributed by atoms with Crippen molar-refractivity contribution in [2.75, 3.05) is 11.1 Å². The molecule has 0 spiro atoms. The van der Waals surface area contributed by atoms with Crippen molar-refractivity contribution in [3.05, 3.63) is 24.4 Å². The van der Waals surface area contributed by atoms with Gasteiger partial charge in [0.25, 0.3) is 0 Å². The molecule has 1 N–H and O–H groups in total. The minimum absolute atomic E-state index is 0.232. The van der Waals surface area contributed by atoms with Crippen molar-refractivity contribution >= 4 is 39.9 Å². The van der Waals surface area contributed by atoms with Crippen LogP contribution in [0, 0.1) is 5.92 Å². The van der Waals surface area contributed by atoms with Gasteiger partial charge in [0.2, 0.25) is 0 Å². The van der Waals surface area contributed by atoms with Crippen LogP contribution in [0.1, 0.15) is 20.3 Å². The zero-order valence-electron chi connectivity index (χ0n) is 9.97. The van der Waals surface area contributed by atoms with Gasteiger partial charge in [-0.15, -0.1) is 0 Å². The summed E-state index contributed by atoms with van der Waals surface area (Å²) >= 11 is 6.48. The van der Waals surface area contributed by atoms with E-state index in [0.29, 0.717) is 28.2 Å². The predicted octanol–water partition coefficient (Wildman–Crippen LogP) is 3.13.